The average Bonchev–Trinajstić information content (AvgIpc) is 3.09. The number of pyridine rings is 2. The number of piperazine rings is 1. The molecule has 1 atom stereocenters. The third-order valence-corrected chi connectivity index (χ3v) is 11.2. The van der Waals surface area contributed by atoms with Crippen LogP contribution >= 0.6 is 34.8 Å². The average molecular weight is 707 g/mol. The minimum Gasteiger partial charge on any atom is -0.397 e. The van der Waals surface area contributed by atoms with E-state index in [9.17, 15) is 18.0 Å². The van der Waals surface area contributed by atoms with E-state index in [1.807, 2.05) is 13.8 Å². The van der Waals surface area contributed by atoms with E-state index in [1.54, 1.807) is 24.1 Å². The van der Waals surface area contributed by atoms with Gasteiger partial charge in [-0.1, -0.05) is 55.2 Å². The molecule has 0 spiro atoms. The largest absolute Gasteiger partial charge is 0.397 e. The van der Waals surface area contributed by atoms with Crippen molar-refractivity contribution in [2.45, 2.75) is 37.6 Å². The summed E-state index contributed by atoms with van der Waals surface area (Å²) >= 11 is 19.3. The number of nitrogen functional groups attached to an aromatic ring is 1. The third-order valence-electron chi connectivity index (χ3n) is 8.24. The maximum absolute atomic E-state index is 15.8. The molecule has 1 fully saturated rings. The predicted octanol–water partition coefficient (Wildman–Crippen LogP) is 4.95. The Morgan fingerprint density at radius 3 is 2.59 bits per heavy atom. The lowest BCUT2D eigenvalue weighted by Gasteiger charge is -2.40. The highest BCUT2D eigenvalue weighted by Crippen LogP contribution is 2.47. The minimum absolute atomic E-state index is 0.00687. The highest BCUT2D eigenvalue weighted by Gasteiger charge is 2.42. The van der Waals surface area contributed by atoms with E-state index in [-0.39, 0.29) is 64.7 Å². The van der Waals surface area contributed by atoms with Crippen molar-refractivity contribution in [2.75, 3.05) is 36.0 Å². The third kappa shape index (κ3) is 4.91. The Hall–Kier alpha value is -3.78. The Bertz CT molecular complexity index is 2150. The van der Waals surface area contributed by atoms with Crippen LogP contribution in [-0.2, 0) is 14.6 Å². The number of aromatic nitrogens is 4. The number of nitrogens with zero attached hydrogens (tertiary/aromatic N) is 6. The molecule has 0 bridgehead atoms. The van der Waals surface area contributed by atoms with Crippen molar-refractivity contribution in [3.63, 3.8) is 0 Å². The minimum atomic E-state index is -4.34. The second kappa shape index (κ2) is 11.5. The number of anilines is 2. The molecule has 4 aromatic rings. The molecule has 3 aromatic heterocycles. The van der Waals surface area contributed by atoms with Gasteiger partial charge in [-0.15, -0.1) is 0 Å². The first-order chi connectivity index (χ1) is 21.7. The predicted molar refractivity (Wildman–Crippen MR) is 177 cm³/mol. The monoisotopic (exact) mass is 705 g/mol. The quantitative estimate of drug-likeness (QED) is 0.177. The second-order valence-electron chi connectivity index (χ2n) is 11.4. The maximum atomic E-state index is 15.8. The van der Waals surface area contributed by atoms with Crippen LogP contribution in [0.5, 0.6) is 0 Å². The summed E-state index contributed by atoms with van der Waals surface area (Å²) in [5.74, 6) is -2.06. The summed E-state index contributed by atoms with van der Waals surface area (Å²) in [4.78, 5) is 43.1. The molecule has 1 aromatic carbocycles. The SMILES string of the molecule is C=CC(=O)N1CCN2c3nc(=O)n(-c4c(C)ccnc4C(C)C)c4nc(-c5c(N)c(Cl)cc(Cl)c5F)c(Cl)c(c34)S(=O)(=O)CC2C1. The summed E-state index contributed by atoms with van der Waals surface area (Å²) in [7, 11) is -4.34. The molecule has 0 saturated carbocycles. The fraction of sp³-hybridized carbons (Fsp3) is 0.300. The van der Waals surface area contributed by atoms with E-state index in [0.29, 0.717) is 16.9 Å². The van der Waals surface area contributed by atoms with Gasteiger partial charge in [-0.3, -0.25) is 9.78 Å². The van der Waals surface area contributed by atoms with Gasteiger partial charge >= 0.3 is 5.69 Å². The van der Waals surface area contributed by atoms with Crippen molar-refractivity contribution in [1.29, 1.82) is 0 Å². The number of rotatable bonds is 4. The first kappa shape index (κ1) is 32.2. The zero-order chi connectivity index (χ0) is 33.4. The van der Waals surface area contributed by atoms with Gasteiger partial charge in [-0.2, -0.15) is 4.98 Å². The van der Waals surface area contributed by atoms with Gasteiger partial charge in [0.2, 0.25) is 5.91 Å². The van der Waals surface area contributed by atoms with Gasteiger partial charge in [0.05, 0.1) is 60.6 Å². The summed E-state index contributed by atoms with van der Waals surface area (Å²) in [5.41, 5.74) is 5.67. The number of fused-ring (bicyclic) bond motifs is 2. The Morgan fingerprint density at radius 1 is 1.20 bits per heavy atom. The number of sulfone groups is 1. The summed E-state index contributed by atoms with van der Waals surface area (Å²) in [6.07, 6.45) is 2.75. The van der Waals surface area contributed by atoms with E-state index in [0.717, 1.165) is 12.1 Å². The molecule has 2 N–H and O–H groups in total. The van der Waals surface area contributed by atoms with Crippen molar-refractivity contribution in [3.05, 3.63) is 73.6 Å². The summed E-state index contributed by atoms with van der Waals surface area (Å²) in [6, 6.07) is 1.99. The van der Waals surface area contributed by atoms with Crippen LogP contribution in [0.4, 0.5) is 15.9 Å². The molecule has 1 unspecified atom stereocenters. The van der Waals surface area contributed by atoms with Crippen molar-refractivity contribution in [3.8, 4) is 16.9 Å². The number of aryl methyl sites for hydroxylation is 1. The van der Waals surface area contributed by atoms with Crippen molar-refractivity contribution in [2.24, 2.45) is 0 Å². The number of benzene rings is 1. The summed E-state index contributed by atoms with van der Waals surface area (Å²) in [6.45, 7) is 9.45. The van der Waals surface area contributed by atoms with Crippen LogP contribution in [0, 0.1) is 12.7 Å². The van der Waals surface area contributed by atoms with E-state index in [1.165, 1.54) is 9.47 Å². The number of hydrogen-bond acceptors (Lipinski definition) is 9. The fourth-order valence-electron chi connectivity index (χ4n) is 6.12. The zero-order valence-electron chi connectivity index (χ0n) is 24.8. The lowest BCUT2D eigenvalue weighted by molar-refractivity contribution is -0.126. The van der Waals surface area contributed by atoms with Gasteiger partial charge in [-0.25, -0.2) is 27.2 Å². The Balaban J connectivity index is 1.81. The fourth-order valence-corrected chi connectivity index (χ4v) is 8.98. The molecule has 1 saturated heterocycles. The van der Waals surface area contributed by atoms with E-state index in [2.05, 4.69) is 21.5 Å². The number of carbonyl (C=O) groups is 1. The van der Waals surface area contributed by atoms with E-state index >= 15 is 4.39 Å². The lowest BCUT2D eigenvalue weighted by atomic mass is 10.0. The molecule has 0 radical (unpaired) electrons. The highest BCUT2D eigenvalue weighted by molar-refractivity contribution is 7.91. The standard InChI is InChI=1S/C30H27Cl3FN7O4S/c1-5-18(42)39-8-9-40-15(11-39)12-46(44,45)27-20-28(40)38-30(43)41(26-14(4)6-7-36-24(26)13(2)3)29(20)37-25(21(27)33)19-22(34)16(31)10-17(32)23(19)35/h5-7,10,13,15H,1,8-9,11-12,35H2,2-4H3. The molecule has 0 aliphatic carbocycles. The molecule has 240 valence electrons. The smallest absolute Gasteiger partial charge is 0.355 e. The van der Waals surface area contributed by atoms with Gasteiger partial charge in [0.1, 0.15) is 10.7 Å². The maximum Gasteiger partial charge on any atom is 0.355 e. The second-order valence-corrected chi connectivity index (χ2v) is 14.6. The number of hydrogen-bond donors (Lipinski definition) is 1. The number of amides is 1. The van der Waals surface area contributed by atoms with Crippen LogP contribution in [0.3, 0.4) is 0 Å². The highest BCUT2D eigenvalue weighted by atomic mass is 35.5. The van der Waals surface area contributed by atoms with Crippen LogP contribution in [0.15, 0.2) is 40.7 Å². The Labute approximate surface area is 278 Å². The molecule has 16 heteroatoms. The van der Waals surface area contributed by atoms with Gasteiger partial charge in [0.15, 0.2) is 21.3 Å². The lowest BCUT2D eigenvalue weighted by Crippen LogP contribution is -2.57. The van der Waals surface area contributed by atoms with Crippen LogP contribution in [0.2, 0.25) is 15.1 Å². The molecule has 46 heavy (non-hydrogen) atoms. The van der Waals surface area contributed by atoms with Gasteiger partial charge in [-0.05, 0) is 36.6 Å². The first-order valence-electron chi connectivity index (χ1n) is 14.1. The molecular weight excluding hydrogens is 680 g/mol. The van der Waals surface area contributed by atoms with E-state index in [4.69, 9.17) is 40.5 Å². The number of halogens is 4. The van der Waals surface area contributed by atoms with Crippen LogP contribution < -0.4 is 16.3 Å². The Kier molecular flexibility index (Phi) is 8.03. The normalized spacial score (nSPS) is 17.3. The van der Waals surface area contributed by atoms with Gasteiger partial charge in [0, 0.05) is 25.8 Å². The topological polar surface area (TPSA) is 144 Å². The summed E-state index contributed by atoms with van der Waals surface area (Å²) < 4.78 is 45.7. The van der Waals surface area contributed by atoms with Crippen LogP contribution in [0.25, 0.3) is 28.0 Å². The molecule has 6 rings (SSSR count). The zero-order valence-corrected chi connectivity index (χ0v) is 27.9. The molecule has 1 amide bonds. The molecular formula is C30H27Cl3FN7O4S. The van der Waals surface area contributed by atoms with Gasteiger partial charge < -0.3 is 15.5 Å². The van der Waals surface area contributed by atoms with Gasteiger partial charge in [0.25, 0.3) is 0 Å². The molecule has 2 aliphatic heterocycles. The molecule has 11 nitrogen and oxygen atoms in total. The van der Waals surface area contributed by atoms with E-state index < -0.39 is 53.6 Å². The van der Waals surface area contributed by atoms with Crippen LogP contribution in [0.1, 0.15) is 31.0 Å². The summed E-state index contributed by atoms with van der Waals surface area (Å²) in [5, 5.41) is -1.00. The Morgan fingerprint density at radius 2 is 1.91 bits per heavy atom. The van der Waals surface area contributed by atoms with Crippen molar-refractivity contribution < 1.29 is 17.6 Å². The number of carbonyl (C=O) groups excluding carboxylic acids is 1. The van der Waals surface area contributed by atoms with Crippen molar-refractivity contribution >= 4 is 73.1 Å². The first-order valence-corrected chi connectivity index (χ1v) is 16.9. The molecule has 2 aliphatic rings. The number of nitrogens with two attached hydrogens (primary N) is 1. The molecule has 5 heterocycles. The van der Waals surface area contributed by atoms with Crippen molar-refractivity contribution in [1.82, 2.24) is 24.4 Å². The van der Waals surface area contributed by atoms with Crippen LogP contribution in [-0.4, -0.2) is 70.2 Å².